The smallest absolute Gasteiger partial charge is 0.342 e. The van der Waals surface area contributed by atoms with E-state index in [1.807, 2.05) is 0 Å². The Balaban J connectivity index is 2.46. The minimum absolute atomic E-state index is 0.00954. The van der Waals surface area contributed by atoms with Crippen LogP contribution in [-0.2, 0) is 12.1 Å². The van der Waals surface area contributed by atoms with Crippen molar-refractivity contribution in [3.8, 4) is 11.4 Å². The number of aromatic nitrogens is 2. The van der Waals surface area contributed by atoms with Crippen LogP contribution in [0, 0.1) is 6.92 Å². The lowest BCUT2D eigenvalue weighted by molar-refractivity contribution is -0.137. The van der Waals surface area contributed by atoms with Gasteiger partial charge in [-0.25, -0.2) is 4.98 Å². The van der Waals surface area contributed by atoms with Gasteiger partial charge in [-0.2, -0.15) is 13.2 Å². The Morgan fingerprint density at radius 1 is 1.32 bits per heavy atom. The molecule has 0 radical (unpaired) electrons. The van der Waals surface area contributed by atoms with E-state index >= 15 is 0 Å². The molecule has 0 aliphatic heterocycles. The highest BCUT2D eigenvalue weighted by molar-refractivity contribution is 6.33. The van der Waals surface area contributed by atoms with E-state index < -0.39 is 11.7 Å². The van der Waals surface area contributed by atoms with Gasteiger partial charge in [0.1, 0.15) is 5.82 Å². The van der Waals surface area contributed by atoms with Crippen molar-refractivity contribution < 1.29 is 13.2 Å². The zero-order valence-electron chi connectivity index (χ0n) is 9.78. The van der Waals surface area contributed by atoms with E-state index in [0.717, 1.165) is 17.8 Å². The molecule has 2 aromatic rings. The van der Waals surface area contributed by atoms with Crippen molar-refractivity contribution in [2.24, 2.45) is 0 Å². The van der Waals surface area contributed by atoms with Crippen molar-refractivity contribution in [1.82, 2.24) is 9.97 Å². The number of aromatic amines is 1. The van der Waals surface area contributed by atoms with E-state index in [9.17, 15) is 13.2 Å². The average Bonchev–Trinajstić information content (AvgIpc) is 2.69. The molecule has 2 nitrogen and oxygen atoms in total. The van der Waals surface area contributed by atoms with Gasteiger partial charge in [0.2, 0.25) is 0 Å². The summed E-state index contributed by atoms with van der Waals surface area (Å²) < 4.78 is 37.6. The summed E-state index contributed by atoms with van der Waals surface area (Å²) in [5.74, 6) is 0.632. The minimum atomic E-state index is -4.41. The van der Waals surface area contributed by atoms with Crippen molar-refractivity contribution in [3.05, 3.63) is 40.2 Å². The van der Waals surface area contributed by atoms with Crippen molar-refractivity contribution in [2.45, 2.75) is 19.0 Å². The molecule has 1 aromatic carbocycles. The van der Waals surface area contributed by atoms with E-state index in [2.05, 4.69) is 9.97 Å². The highest BCUT2D eigenvalue weighted by Crippen LogP contribution is 2.35. The molecule has 19 heavy (non-hydrogen) atoms. The van der Waals surface area contributed by atoms with Crippen molar-refractivity contribution >= 4 is 23.2 Å². The summed E-state index contributed by atoms with van der Waals surface area (Å²) in [4.78, 5) is 7.15. The maximum absolute atomic E-state index is 12.5. The lowest BCUT2D eigenvalue weighted by atomic mass is 10.1. The molecule has 7 heteroatoms. The molecule has 0 aliphatic rings. The molecule has 0 saturated heterocycles. The summed E-state index contributed by atoms with van der Waals surface area (Å²) in [7, 11) is 0. The number of hydrogen-bond acceptors (Lipinski definition) is 1. The average molecular weight is 309 g/mol. The summed E-state index contributed by atoms with van der Waals surface area (Å²) in [5.41, 5.74) is 1.03. The van der Waals surface area contributed by atoms with Gasteiger partial charge < -0.3 is 4.98 Å². The van der Waals surface area contributed by atoms with Gasteiger partial charge in [-0.3, -0.25) is 0 Å². The van der Waals surface area contributed by atoms with Gasteiger partial charge in [0.25, 0.3) is 0 Å². The molecule has 0 bridgehead atoms. The van der Waals surface area contributed by atoms with Crippen molar-refractivity contribution in [2.75, 3.05) is 0 Å². The second-order valence-electron chi connectivity index (χ2n) is 3.98. The Kier molecular flexibility index (Phi) is 3.78. The summed E-state index contributed by atoms with van der Waals surface area (Å²) in [6.45, 7) is 1.78. The third-order valence-electron chi connectivity index (χ3n) is 2.66. The maximum Gasteiger partial charge on any atom is 0.416 e. The fourth-order valence-electron chi connectivity index (χ4n) is 1.64. The zero-order chi connectivity index (χ0) is 14.2. The quantitative estimate of drug-likeness (QED) is 0.793. The largest absolute Gasteiger partial charge is 0.416 e. The first kappa shape index (κ1) is 14.2. The zero-order valence-corrected chi connectivity index (χ0v) is 11.3. The molecular formula is C12H9Cl2F3N2. The fraction of sp³-hybridized carbons (Fsp3) is 0.250. The third kappa shape index (κ3) is 2.87. The molecule has 1 heterocycles. The molecule has 2 rings (SSSR count). The van der Waals surface area contributed by atoms with Crippen LogP contribution in [0.4, 0.5) is 13.2 Å². The van der Waals surface area contributed by atoms with Gasteiger partial charge in [-0.1, -0.05) is 11.6 Å². The number of H-pyrrole nitrogens is 1. The van der Waals surface area contributed by atoms with Crippen LogP contribution >= 0.6 is 23.2 Å². The van der Waals surface area contributed by atoms with Gasteiger partial charge in [0, 0.05) is 11.3 Å². The maximum atomic E-state index is 12.5. The molecule has 0 unspecified atom stereocenters. The van der Waals surface area contributed by atoms with Crippen molar-refractivity contribution in [3.63, 3.8) is 0 Å². The first-order valence-corrected chi connectivity index (χ1v) is 6.22. The van der Waals surface area contributed by atoms with Gasteiger partial charge in [0.05, 0.1) is 22.2 Å². The number of aryl methyl sites for hydroxylation is 1. The molecule has 0 atom stereocenters. The molecule has 102 valence electrons. The predicted molar refractivity (Wildman–Crippen MR) is 68.3 cm³/mol. The van der Waals surface area contributed by atoms with E-state index in [0.29, 0.717) is 17.1 Å². The monoisotopic (exact) mass is 308 g/mol. The Hall–Kier alpha value is -1.20. The van der Waals surface area contributed by atoms with E-state index in [-0.39, 0.29) is 10.9 Å². The molecule has 0 aliphatic carbocycles. The second kappa shape index (κ2) is 5.06. The van der Waals surface area contributed by atoms with Gasteiger partial charge in [0.15, 0.2) is 0 Å². The summed E-state index contributed by atoms with van der Waals surface area (Å²) in [5, 5.41) is -0.00954. The molecule has 0 saturated carbocycles. The predicted octanol–water partition coefficient (Wildman–Crippen LogP) is 4.80. The third-order valence-corrected chi connectivity index (χ3v) is 3.23. The van der Waals surface area contributed by atoms with Crippen LogP contribution in [0.2, 0.25) is 5.02 Å². The molecule has 0 fully saturated rings. The van der Waals surface area contributed by atoms with Crippen LogP contribution in [0.15, 0.2) is 18.2 Å². The number of benzene rings is 1. The van der Waals surface area contributed by atoms with Crippen LogP contribution in [0.25, 0.3) is 11.4 Å². The molecular weight excluding hydrogens is 300 g/mol. The SMILES string of the molecule is Cc1[nH]c(-c2ccc(C(F)(F)F)cc2Cl)nc1CCl. The molecule has 0 amide bonds. The van der Waals surface area contributed by atoms with Crippen LogP contribution in [0.5, 0.6) is 0 Å². The van der Waals surface area contributed by atoms with Gasteiger partial charge in [-0.15, -0.1) is 11.6 Å². The lowest BCUT2D eigenvalue weighted by Gasteiger charge is -2.08. The Morgan fingerprint density at radius 3 is 2.47 bits per heavy atom. The van der Waals surface area contributed by atoms with Crippen LogP contribution in [-0.4, -0.2) is 9.97 Å². The van der Waals surface area contributed by atoms with E-state index in [1.54, 1.807) is 6.92 Å². The Bertz CT molecular complexity index is 606. The molecule has 1 aromatic heterocycles. The minimum Gasteiger partial charge on any atom is -0.342 e. The summed E-state index contributed by atoms with van der Waals surface area (Å²) >= 11 is 11.6. The summed E-state index contributed by atoms with van der Waals surface area (Å²) in [6, 6.07) is 3.15. The number of imidazole rings is 1. The van der Waals surface area contributed by atoms with Crippen LogP contribution < -0.4 is 0 Å². The molecule has 0 spiro atoms. The first-order chi connectivity index (χ1) is 8.82. The highest BCUT2D eigenvalue weighted by Gasteiger charge is 2.31. The second-order valence-corrected chi connectivity index (χ2v) is 4.66. The standard InChI is InChI=1S/C12H9Cl2F3N2/c1-6-10(5-13)19-11(18-6)8-3-2-7(4-9(8)14)12(15,16)17/h2-4H,5H2,1H3,(H,18,19). The fourth-order valence-corrected chi connectivity index (χ4v) is 2.17. The van der Waals surface area contributed by atoms with Crippen molar-refractivity contribution in [1.29, 1.82) is 0 Å². The summed E-state index contributed by atoms with van der Waals surface area (Å²) in [6.07, 6.45) is -4.41. The highest BCUT2D eigenvalue weighted by atomic mass is 35.5. The number of rotatable bonds is 2. The van der Waals surface area contributed by atoms with Crippen LogP contribution in [0.1, 0.15) is 17.0 Å². The van der Waals surface area contributed by atoms with Crippen LogP contribution in [0.3, 0.4) is 0 Å². The number of hydrogen-bond donors (Lipinski definition) is 1. The van der Waals surface area contributed by atoms with Gasteiger partial charge in [-0.05, 0) is 25.1 Å². The lowest BCUT2D eigenvalue weighted by Crippen LogP contribution is -2.04. The topological polar surface area (TPSA) is 28.7 Å². The van der Waals surface area contributed by atoms with E-state index in [1.165, 1.54) is 6.07 Å². The first-order valence-electron chi connectivity index (χ1n) is 5.31. The number of alkyl halides is 4. The van der Waals surface area contributed by atoms with Gasteiger partial charge >= 0.3 is 6.18 Å². The number of halogens is 5. The van der Waals surface area contributed by atoms with E-state index in [4.69, 9.17) is 23.2 Å². The Morgan fingerprint density at radius 2 is 2.00 bits per heavy atom. The molecule has 1 N–H and O–H groups in total. The normalized spacial score (nSPS) is 11.9. The number of nitrogens with one attached hydrogen (secondary N) is 1. The number of nitrogens with zero attached hydrogens (tertiary/aromatic N) is 1. The Labute approximate surface area is 117 Å².